The van der Waals surface area contributed by atoms with Gasteiger partial charge in [-0.15, -0.1) is 5.10 Å². The van der Waals surface area contributed by atoms with Crippen molar-refractivity contribution in [3.05, 3.63) is 30.0 Å². The average molecular weight is 287 g/mol. The lowest BCUT2D eigenvalue weighted by atomic mass is 10.1. The molecule has 0 radical (unpaired) electrons. The number of aromatic nitrogens is 2. The zero-order chi connectivity index (χ0) is 14.8. The van der Waals surface area contributed by atoms with Crippen molar-refractivity contribution in [2.75, 3.05) is 31.7 Å². The van der Waals surface area contributed by atoms with E-state index >= 15 is 0 Å². The molecule has 0 spiro atoms. The van der Waals surface area contributed by atoms with Crippen molar-refractivity contribution in [1.29, 1.82) is 0 Å². The first-order chi connectivity index (χ1) is 10.2. The lowest BCUT2D eigenvalue weighted by molar-refractivity contribution is -0.154. The topological polar surface area (TPSA) is 64.5 Å². The van der Waals surface area contributed by atoms with E-state index in [1.54, 1.807) is 0 Å². The zero-order valence-electron chi connectivity index (χ0n) is 12.1. The number of hydrogen-bond acceptors (Lipinski definition) is 6. The Morgan fingerprint density at radius 3 is 2.86 bits per heavy atom. The van der Waals surface area contributed by atoms with Crippen molar-refractivity contribution in [2.24, 2.45) is 0 Å². The zero-order valence-corrected chi connectivity index (χ0v) is 12.1. The van der Waals surface area contributed by atoms with Crippen molar-refractivity contribution in [3.63, 3.8) is 0 Å². The lowest BCUT2D eigenvalue weighted by Gasteiger charge is -2.32. The van der Waals surface area contributed by atoms with Gasteiger partial charge in [0.15, 0.2) is 11.9 Å². The van der Waals surface area contributed by atoms with Crippen LogP contribution < -0.4 is 4.90 Å². The molecule has 0 saturated carbocycles. The largest absolute Gasteiger partial charge is 0.467 e. The van der Waals surface area contributed by atoms with Crippen molar-refractivity contribution >= 4 is 22.6 Å². The number of carbonyl (C=O) groups excluding carboxylic acids is 1. The minimum atomic E-state index is -0.578. The van der Waals surface area contributed by atoms with Gasteiger partial charge in [-0.3, -0.25) is 0 Å². The summed E-state index contributed by atoms with van der Waals surface area (Å²) in [5.74, 6) is 0.428. The number of aryl methyl sites for hydroxylation is 1. The number of hydrogen-bond donors (Lipinski definition) is 0. The molecule has 2 aromatic rings. The van der Waals surface area contributed by atoms with Gasteiger partial charge in [0.1, 0.15) is 0 Å². The van der Waals surface area contributed by atoms with Gasteiger partial charge in [-0.05, 0) is 6.92 Å². The smallest absolute Gasteiger partial charge is 0.336 e. The number of morpholine rings is 1. The van der Waals surface area contributed by atoms with Crippen molar-refractivity contribution in [3.8, 4) is 0 Å². The maximum Gasteiger partial charge on any atom is 0.336 e. The molecular formula is C15H17N3O3. The second-order valence-electron chi connectivity index (χ2n) is 4.98. The van der Waals surface area contributed by atoms with Gasteiger partial charge in [0.2, 0.25) is 0 Å². The molecule has 1 aliphatic rings. The number of anilines is 1. The molecule has 1 aromatic carbocycles. The summed E-state index contributed by atoms with van der Waals surface area (Å²) in [7, 11) is 1.37. The molecule has 1 unspecified atom stereocenters. The first kappa shape index (κ1) is 13.8. The number of benzene rings is 1. The molecule has 1 atom stereocenters. The molecular weight excluding hydrogens is 270 g/mol. The standard InChI is InChI=1S/C15H17N3O3/c1-10-11-5-3-4-6-12(11)14(17-16-10)18-7-8-21-13(9-18)15(19)20-2/h3-6,13H,7-9H2,1-2H3. The van der Waals surface area contributed by atoms with Crippen LogP contribution in [-0.2, 0) is 14.3 Å². The maximum atomic E-state index is 11.7. The Kier molecular flexibility index (Phi) is 3.70. The molecule has 21 heavy (non-hydrogen) atoms. The number of esters is 1. The highest BCUT2D eigenvalue weighted by Gasteiger charge is 2.29. The number of rotatable bonds is 2. The van der Waals surface area contributed by atoms with Gasteiger partial charge in [-0.25, -0.2) is 4.79 Å². The Hall–Kier alpha value is -2.21. The summed E-state index contributed by atoms with van der Waals surface area (Å²) in [4.78, 5) is 13.7. The van der Waals surface area contributed by atoms with E-state index in [0.717, 1.165) is 22.3 Å². The van der Waals surface area contributed by atoms with Crippen LogP contribution in [0.4, 0.5) is 5.82 Å². The van der Waals surface area contributed by atoms with E-state index in [1.165, 1.54) is 7.11 Å². The summed E-state index contributed by atoms with van der Waals surface area (Å²) in [5, 5.41) is 10.7. The van der Waals surface area contributed by atoms with E-state index < -0.39 is 6.10 Å². The van der Waals surface area contributed by atoms with Gasteiger partial charge < -0.3 is 14.4 Å². The summed E-state index contributed by atoms with van der Waals surface area (Å²) >= 11 is 0. The fourth-order valence-corrected chi connectivity index (χ4v) is 2.57. The quantitative estimate of drug-likeness (QED) is 0.776. The van der Waals surface area contributed by atoms with E-state index in [-0.39, 0.29) is 5.97 Å². The molecule has 6 nitrogen and oxygen atoms in total. The molecule has 0 amide bonds. The van der Waals surface area contributed by atoms with Gasteiger partial charge in [0, 0.05) is 17.3 Å². The molecule has 2 heterocycles. The SMILES string of the molecule is COC(=O)C1CN(c2nnc(C)c3ccccc23)CCO1. The van der Waals surface area contributed by atoms with Gasteiger partial charge >= 0.3 is 5.97 Å². The van der Waals surface area contributed by atoms with Crippen LogP contribution in [-0.4, -0.2) is 49.1 Å². The van der Waals surface area contributed by atoms with Crippen molar-refractivity contribution < 1.29 is 14.3 Å². The van der Waals surface area contributed by atoms with Gasteiger partial charge in [-0.2, -0.15) is 5.10 Å². The predicted octanol–water partition coefficient (Wildman–Crippen LogP) is 1.32. The summed E-state index contributed by atoms with van der Waals surface area (Å²) in [6.45, 7) is 3.50. The van der Waals surface area contributed by atoms with E-state index in [1.807, 2.05) is 36.1 Å². The summed E-state index contributed by atoms with van der Waals surface area (Å²) in [6, 6.07) is 8.01. The van der Waals surface area contributed by atoms with Gasteiger partial charge in [-0.1, -0.05) is 24.3 Å². The fourth-order valence-electron chi connectivity index (χ4n) is 2.57. The van der Waals surface area contributed by atoms with Crippen LogP contribution in [0.3, 0.4) is 0 Å². The molecule has 6 heteroatoms. The molecule has 1 aliphatic heterocycles. The Balaban J connectivity index is 1.97. The molecule has 3 rings (SSSR count). The number of ether oxygens (including phenoxy) is 2. The number of fused-ring (bicyclic) bond motifs is 1. The van der Waals surface area contributed by atoms with Crippen molar-refractivity contribution in [1.82, 2.24) is 10.2 Å². The van der Waals surface area contributed by atoms with Gasteiger partial charge in [0.05, 0.1) is 26.0 Å². The second kappa shape index (κ2) is 5.65. The third-order valence-corrected chi connectivity index (χ3v) is 3.68. The fraction of sp³-hybridized carbons (Fsp3) is 0.400. The van der Waals surface area contributed by atoms with Crippen LogP contribution in [0.1, 0.15) is 5.69 Å². The molecule has 1 saturated heterocycles. The number of nitrogens with zero attached hydrogens (tertiary/aromatic N) is 3. The second-order valence-corrected chi connectivity index (χ2v) is 4.98. The third-order valence-electron chi connectivity index (χ3n) is 3.68. The molecule has 1 aromatic heterocycles. The lowest BCUT2D eigenvalue weighted by Crippen LogP contribution is -2.47. The minimum Gasteiger partial charge on any atom is -0.467 e. The first-order valence-electron chi connectivity index (χ1n) is 6.87. The molecule has 1 fully saturated rings. The van der Waals surface area contributed by atoms with Crippen LogP contribution in [0, 0.1) is 6.92 Å². The highest BCUT2D eigenvalue weighted by Crippen LogP contribution is 2.26. The third kappa shape index (κ3) is 2.54. The molecule has 110 valence electrons. The Bertz CT molecular complexity index is 674. The van der Waals surface area contributed by atoms with Crippen LogP contribution in [0.5, 0.6) is 0 Å². The summed E-state index contributed by atoms with van der Waals surface area (Å²) in [5.41, 5.74) is 0.895. The monoisotopic (exact) mass is 287 g/mol. The summed E-state index contributed by atoms with van der Waals surface area (Å²) in [6.07, 6.45) is -0.578. The maximum absolute atomic E-state index is 11.7. The van der Waals surface area contributed by atoms with E-state index in [2.05, 4.69) is 10.2 Å². The highest BCUT2D eigenvalue weighted by atomic mass is 16.6. The van der Waals surface area contributed by atoms with E-state index in [0.29, 0.717) is 19.7 Å². The van der Waals surface area contributed by atoms with E-state index in [4.69, 9.17) is 9.47 Å². The van der Waals surface area contributed by atoms with Crippen molar-refractivity contribution in [2.45, 2.75) is 13.0 Å². The Labute approximate surface area is 122 Å². The predicted molar refractivity (Wildman–Crippen MR) is 78.2 cm³/mol. The van der Waals surface area contributed by atoms with E-state index in [9.17, 15) is 4.79 Å². The first-order valence-corrected chi connectivity index (χ1v) is 6.87. The molecule has 0 aliphatic carbocycles. The van der Waals surface area contributed by atoms with Gasteiger partial charge in [0.25, 0.3) is 0 Å². The molecule has 0 bridgehead atoms. The average Bonchev–Trinajstić information content (AvgIpc) is 2.55. The normalized spacial score (nSPS) is 18.8. The summed E-state index contributed by atoms with van der Waals surface area (Å²) < 4.78 is 10.2. The minimum absolute atomic E-state index is 0.357. The van der Waals surface area contributed by atoms with Crippen LogP contribution in [0.15, 0.2) is 24.3 Å². The Morgan fingerprint density at radius 2 is 2.10 bits per heavy atom. The Morgan fingerprint density at radius 1 is 1.33 bits per heavy atom. The van der Waals surface area contributed by atoms with Crippen LogP contribution >= 0.6 is 0 Å². The highest BCUT2D eigenvalue weighted by molar-refractivity contribution is 5.93. The molecule has 0 N–H and O–H groups in total. The number of carbonyl (C=O) groups is 1. The van der Waals surface area contributed by atoms with Crippen LogP contribution in [0.25, 0.3) is 10.8 Å². The van der Waals surface area contributed by atoms with Crippen LogP contribution in [0.2, 0.25) is 0 Å². The number of methoxy groups -OCH3 is 1.